The zero-order chi connectivity index (χ0) is 20.8. The van der Waals surface area contributed by atoms with Crippen LogP contribution in [0, 0.1) is 0 Å². The molecule has 1 unspecified atom stereocenters. The number of thiol groups is 1. The predicted molar refractivity (Wildman–Crippen MR) is 127 cm³/mol. The number of ether oxygens (including phenoxy) is 1. The lowest BCUT2D eigenvalue weighted by atomic mass is 9.82. The van der Waals surface area contributed by atoms with Gasteiger partial charge in [0.15, 0.2) is 0 Å². The smallest absolute Gasteiger partial charge is 0.0811 e. The van der Waals surface area contributed by atoms with Crippen molar-refractivity contribution < 1.29 is 4.74 Å². The highest BCUT2D eigenvalue weighted by Gasteiger charge is 2.32. The molecule has 0 radical (unpaired) electrons. The molecule has 3 aromatic carbocycles. The minimum absolute atomic E-state index is 0.121. The molecular formula is C27H31NOS. The lowest BCUT2D eigenvalue weighted by Crippen LogP contribution is -2.45. The van der Waals surface area contributed by atoms with E-state index in [2.05, 4.69) is 90.7 Å². The van der Waals surface area contributed by atoms with Gasteiger partial charge in [0, 0.05) is 30.4 Å². The average molecular weight is 418 g/mol. The molecule has 3 heteroatoms. The maximum atomic E-state index is 6.42. The van der Waals surface area contributed by atoms with Crippen LogP contribution in [-0.2, 0) is 17.7 Å². The Bertz CT molecular complexity index is 928. The van der Waals surface area contributed by atoms with E-state index in [4.69, 9.17) is 17.4 Å². The first-order valence-electron chi connectivity index (χ1n) is 11.0. The van der Waals surface area contributed by atoms with Crippen molar-refractivity contribution in [3.05, 3.63) is 101 Å². The third-order valence-corrected chi connectivity index (χ3v) is 6.40. The Labute approximate surface area is 186 Å². The van der Waals surface area contributed by atoms with Crippen molar-refractivity contribution in [2.45, 2.75) is 43.2 Å². The third kappa shape index (κ3) is 4.97. The molecule has 0 saturated carbocycles. The molecular weight excluding hydrogens is 386 g/mol. The average Bonchev–Trinajstić information content (AvgIpc) is 2.78. The van der Waals surface area contributed by atoms with Crippen molar-refractivity contribution in [2.24, 2.45) is 0 Å². The molecule has 2 atom stereocenters. The summed E-state index contributed by atoms with van der Waals surface area (Å²) in [7, 11) is 0. The van der Waals surface area contributed by atoms with Crippen LogP contribution < -0.4 is 0 Å². The van der Waals surface area contributed by atoms with Gasteiger partial charge in [0.2, 0.25) is 0 Å². The van der Waals surface area contributed by atoms with Gasteiger partial charge in [0.05, 0.1) is 12.7 Å². The highest BCUT2D eigenvalue weighted by atomic mass is 32.1. The molecule has 0 aliphatic carbocycles. The van der Waals surface area contributed by atoms with Crippen molar-refractivity contribution in [2.75, 3.05) is 19.7 Å². The summed E-state index contributed by atoms with van der Waals surface area (Å²) in [6.07, 6.45) is 2.27. The Morgan fingerprint density at radius 3 is 2.43 bits per heavy atom. The fraction of sp³-hybridized carbons (Fsp3) is 0.333. The van der Waals surface area contributed by atoms with Crippen LogP contribution in [0.2, 0.25) is 0 Å². The molecule has 1 aliphatic heterocycles. The van der Waals surface area contributed by atoms with Crippen LogP contribution in [0.15, 0.2) is 83.8 Å². The Morgan fingerprint density at radius 1 is 0.967 bits per heavy atom. The van der Waals surface area contributed by atoms with Crippen LogP contribution in [0.3, 0.4) is 0 Å². The molecule has 0 aromatic heterocycles. The first-order chi connectivity index (χ1) is 14.8. The SMILES string of the molecule is CCCc1c(S)cccc1C(c1ccccc1)[C@H]1CN(Cc2ccccc2)CCO1. The number of benzene rings is 3. The molecule has 1 fully saturated rings. The van der Waals surface area contributed by atoms with Gasteiger partial charge < -0.3 is 4.74 Å². The van der Waals surface area contributed by atoms with Gasteiger partial charge >= 0.3 is 0 Å². The molecule has 156 valence electrons. The monoisotopic (exact) mass is 417 g/mol. The molecule has 0 spiro atoms. The first kappa shape index (κ1) is 21.2. The summed E-state index contributed by atoms with van der Waals surface area (Å²) in [6.45, 7) is 5.87. The largest absolute Gasteiger partial charge is 0.375 e. The summed E-state index contributed by atoms with van der Waals surface area (Å²) < 4.78 is 6.42. The van der Waals surface area contributed by atoms with Crippen LogP contribution >= 0.6 is 12.6 Å². The standard InChI is InChI=1S/C27H31NOS/c1-2-10-23-24(15-9-16-26(23)30)27(22-13-7-4-8-14-22)25-20-28(17-18-29-25)19-21-11-5-3-6-12-21/h3-9,11-16,25,27,30H,2,10,17-20H2,1H3/t25-,27?/m1/s1. The number of hydrogen-bond donors (Lipinski definition) is 1. The minimum Gasteiger partial charge on any atom is -0.375 e. The molecule has 3 aromatic rings. The van der Waals surface area contributed by atoms with Crippen LogP contribution in [-0.4, -0.2) is 30.7 Å². The second-order valence-electron chi connectivity index (χ2n) is 8.11. The summed E-state index contributed by atoms with van der Waals surface area (Å²) in [6, 6.07) is 28.1. The van der Waals surface area contributed by atoms with Gasteiger partial charge in [0.1, 0.15) is 0 Å². The highest BCUT2D eigenvalue weighted by molar-refractivity contribution is 7.80. The number of rotatable bonds is 7. The second kappa shape index (κ2) is 10.3. The van der Waals surface area contributed by atoms with Gasteiger partial charge in [-0.15, -0.1) is 12.6 Å². The molecule has 0 N–H and O–H groups in total. The number of hydrogen-bond acceptors (Lipinski definition) is 3. The summed E-state index contributed by atoms with van der Waals surface area (Å²) in [5.41, 5.74) is 5.40. The van der Waals surface area contributed by atoms with E-state index >= 15 is 0 Å². The Hall–Kier alpha value is -2.07. The van der Waals surface area contributed by atoms with E-state index in [-0.39, 0.29) is 12.0 Å². The van der Waals surface area contributed by atoms with Crippen molar-refractivity contribution in [1.82, 2.24) is 4.90 Å². The minimum atomic E-state index is 0.121. The van der Waals surface area contributed by atoms with Crippen molar-refractivity contribution in [3.8, 4) is 0 Å². The molecule has 2 nitrogen and oxygen atoms in total. The summed E-state index contributed by atoms with van der Waals surface area (Å²) in [5.74, 6) is 0.207. The number of morpholine rings is 1. The Morgan fingerprint density at radius 2 is 1.70 bits per heavy atom. The Kier molecular flexibility index (Phi) is 7.27. The van der Waals surface area contributed by atoms with E-state index in [9.17, 15) is 0 Å². The van der Waals surface area contributed by atoms with Crippen LogP contribution in [0.4, 0.5) is 0 Å². The molecule has 0 bridgehead atoms. The van der Waals surface area contributed by atoms with Gasteiger partial charge in [-0.25, -0.2) is 0 Å². The summed E-state index contributed by atoms with van der Waals surface area (Å²) in [4.78, 5) is 3.62. The van der Waals surface area contributed by atoms with Gasteiger partial charge in [-0.2, -0.15) is 0 Å². The van der Waals surface area contributed by atoms with Crippen molar-refractivity contribution >= 4 is 12.6 Å². The summed E-state index contributed by atoms with van der Waals surface area (Å²) >= 11 is 4.81. The van der Waals surface area contributed by atoms with Crippen LogP contribution in [0.1, 0.15) is 41.5 Å². The second-order valence-corrected chi connectivity index (χ2v) is 8.60. The van der Waals surface area contributed by atoms with E-state index < -0.39 is 0 Å². The molecule has 1 heterocycles. The van der Waals surface area contributed by atoms with Gasteiger partial charge in [-0.1, -0.05) is 86.1 Å². The van der Waals surface area contributed by atoms with E-state index in [1.54, 1.807) is 0 Å². The topological polar surface area (TPSA) is 12.5 Å². The van der Waals surface area contributed by atoms with Gasteiger partial charge in [-0.05, 0) is 34.7 Å². The van der Waals surface area contributed by atoms with Gasteiger partial charge in [-0.3, -0.25) is 4.90 Å². The Balaban J connectivity index is 1.66. The zero-order valence-corrected chi connectivity index (χ0v) is 18.6. The fourth-order valence-electron chi connectivity index (χ4n) is 4.58. The van der Waals surface area contributed by atoms with E-state index in [0.29, 0.717) is 0 Å². The van der Waals surface area contributed by atoms with Crippen molar-refractivity contribution in [1.29, 1.82) is 0 Å². The molecule has 0 amide bonds. The van der Waals surface area contributed by atoms with Crippen LogP contribution in [0.5, 0.6) is 0 Å². The van der Waals surface area contributed by atoms with E-state index in [1.165, 1.54) is 22.3 Å². The normalized spacial score (nSPS) is 18.3. The molecule has 4 rings (SSSR count). The zero-order valence-electron chi connectivity index (χ0n) is 17.7. The molecule has 1 aliphatic rings. The lowest BCUT2D eigenvalue weighted by molar-refractivity contribution is -0.0388. The molecule has 1 saturated heterocycles. The number of nitrogens with zero attached hydrogens (tertiary/aromatic N) is 1. The van der Waals surface area contributed by atoms with E-state index in [1.807, 2.05) is 0 Å². The first-order valence-corrected chi connectivity index (χ1v) is 11.4. The predicted octanol–water partition coefficient (Wildman–Crippen LogP) is 5.96. The lowest BCUT2D eigenvalue weighted by Gasteiger charge is -2.38. The quantitative estimate of drug-likeness (QED) is 0.476. The van der Waals surface area contributed by atoms with Gasteiger partial charge in [0.25, 0.3) is 0 Å². The summed E-state index contributed by atoms with van der Waals surface area (Å²) in [5, 5.41) is 0. The van der Waals surface area contributed by atoms with Crippen LogP contribution in [0.25, 0.3) is 0 Å². The molecule has 30 heavy (non-hydrogen) atoms. The maximum Gasteiger partial charge on any atom is 0.0811 e. The third-order valence-electron chi connectivity index (χ3n) is 5.98. The van der Waals surface area contributed by atoms with Crippen molar-refractivity contribution in [3.63, 3.8) is 0 Å². The highest BCUT2D eigenvalue weighted by Crippen LogP contribution is 2.36. The maximum absolute atomic E-state index is 6.42. The fourth-order valence-corrected chi connectivity index (χ4v) is 4.91. The van der Waals surface area contributed by atoms with E-state index in [0.717, 1.165) is 44.0 Å².